The van der Waals surface area contributed by atoms with E-state index in [1.807, 2.05) is 6.92 Å². The second-order valence-electron chi connectivity index (χ2n) is 5.40. The van der Waals surface area contributed by atoms with E-state index in [0.717, 1.165) is 24.2 Å². The van der Waals surface area contributed by atoms with Gasteiger partial charge in [-0.15, -0.1) is 0 Å². The molecule has 1 aliphatic rings. The highest BCUT2D eigenvalue weighted by Crippen LogP contribution is 2.31. The Morgan fingerprint density at radius 1 is 1.53 bits per heavy atom. The molecule has 1 heterocycles. The van der Waals surface area contributed by atoms with Crippen molar-refractivity contribution >= 4 is 21.6 Å². The first-order valence-electron chi connectivity index (χ1n) is 6.90. The number of methoxy groups -OCH3 is 1. The lowest BCUT2D eigenvalue weighted by Crippen LogP contribution is -2.38. The number of anilines is 1. The molecule has 2 atom stereocenters. The fraction of sp³-hybridized carbons (Fsp3) is 0.600. The van der Waals surface area contributed by atoms with Crippen LogP contribution in [0.1, 0.15) is 31.4 Å². The van der Waals surface area contributed by atoms with Gasteiger partial charge in [-0.3, -0.25) is 0 Å². The third-order valence-corrected chi connectivity index (χ3v) is 4.24. The zero-order valence-electron chi connectivity index (χ0n) is 11.7. The molecule has 0 aromatic heterocycles. The van der Waals surface area contributed by atoms with Gasteiger partial charge in [0.05, 0.1) is 6.61 Å². The van der Waals surface area contributed by atoms with E-state index in [2.05, 4.69) is 39.0 Å². The van der Waals surface area contributed by atoms with Crippen LogP contribution in [0.5, 0.6) is 0 Å². The van der Waals surface area contributed by atoms with E-state index < -0.39 is 0 Å². The molecule has 0 saturated carbocycles. The van der Waals surface area contributed by atoms with Crippen LogP contribution in [0, 0.1) is 5.92 Å². The number of nitrogens with zero attached hydrogens (tertiary/aromatic N) is 1. The van der Waals surface area contributed by atoms with Gasteiger partial charge >= 0.3 is 0 Å². The van der Waals surface area contributed by atoms with Crippen LogP contribution < -0.4 is 10.6 Å². The first-order valence-corrected chi connectivity index (χ1v) is 7.70. The maximum atomic E-state index is 6.11. The van der Waals surface area contributed by atoms with Crippen LogP contribution in [0.15, 0.2) is 22.7 Å². The Kier molecular flexibility index (Phi) is 5.25. The molecule has 0 radical (unpaired) electrons. The summed E-state index contributed by atoms with van der Waals surface area (Å²) in [6, 6.07) is 6.47. The molecule has 19 heavy (non-hydrogen) atoms. The average Bonchev–Trinajstić information content (AvgIpc) is 2.39. The number of piperidine rings is 1. The lowest BCUT2D eigenvalue weighted by molar-refractivity contribution is 0.143. The van der Waals surface area contributed by atoms with Crippen LogP contribution in [-0.4, -0.2) is 26.8 Å². The minimum atomic E-state index is 0.0512. The van der Waals surface area contributed by atoms with Crippen LogP contribution in [0.3, 0.4) is 0 Å². The topological polar surface area (TPSA) is 38.5 Å². The van der Waals surface area contributed by atoms with E-state index in [9.17, 15) is 0 Å². The molecule has 0 spiro atoms. The second-order valence-corrected chi connectivity index (χ2v) is 6.32. The molecule has 0 bridgehead atoms. The van der Waals surface area contributed by atoms with Gasteiger partial charge in [-0.2, -0.15) is 0 Å². The Balaban J connectivity index is 2.20. The molecule has 4 heteroatoms. The van der Waals surface area contributed by atoms with E-state index in [4.69, 9.17) is 10.5 Å². The highest BCUT2D eigenvalue weighted by atomic mass is 79.9. The third-order valence-electron chi connectivity index (χ3n) is 3.74. The fourth-order valence-corrected chi connectivity index (χ4v) is 3.21. The Labute approximate surface area is 124 Å². The predicted molar refractivity (Wildman–Crippen MR) is 83.6 cm³/mol. The number of ether oxygens (including phenoxy) is 1. The van der Waals surface area contributed by atoms with Crippen LogP contribution >= 0.6 is 15.9 Å². The predicted octanol–water partition coefficient (Wildman–Crippen LogP) is 3.33. The van der Waals surface area contributed by atoms with E-state index in [-0.39, 0.29) is 6.04 Å². The van der Waals surface area contributed by atoms with Crippen molar-refractivity contribution in [1.29, 1.82) is 0 Å². The largest absolute Gasteiger partial charge is 0.384 e. The van der Waals surface area contributed by atoms with E-state index in [0.29, 0.717) is 5.92 Å². The molecular formula is C15H23BrN2O. The number of rotatable bonds is 4. The van der Waals surface area contributed by atoms with Crippen LogP contribution in [0.2, 0.25) is 0 Å². The summed E-state index contributed by atoms with van der Waals surface area (Å²) in [6.45, 7) is 5.07. The highest BCUT2D eigenvalue weighted by molar-refractivity contribution is 9.10. The third kappa shape index (κ3) is 3.71. The fourth-order valence-electron chi connectivity index (χ4n) is 2.83. The minimum Gasteiger partial charge on any atom is -0.384 e. The maximum absolute atomic E-state index is 6.11. The Morgan fingerprint density at radius 2 is 2.32 bits per heavy atom. The standard InChI is InChI=1S/C15H23BrN2O/c1-11(17)14-8-13(16)5-6-15(14)18-7-3-4-12(9-18)10-19-2/h5-6,8,11-12H,3-4,7,9-10,17H2,1-2H3. The average molecular weight is 327 g/mol. The maximum Gasteiger partial charge on any atom is 0.0507 e. The number of nitrogens with two attached hydrogens (primary N) is 1. The smallest absolute Gasteiger partial charge is 0.0507 e. The van der Waals surface area contributed by atoms with Crippen LogP contribution in [-0.2, 0) is 4.74 Å². The van der Waals surface area contributed by atoms with Gasteiger partial charge in [-0.1, -0.05) is 15.9 Å². The SMILES string of the molecule is COCC1CCCN(c2ccc(Br)cc2C(C)N)C1. The minimum absolute atomic E-state index is 0.0512. The van der Waals surface area contributed by atoms with Crippen molar-refractivity contribution in [2.24, 2.45) is 11.7 Å². The van der Waals surface area contributed by atoms with E-state index in [1.54, 1.807) is 7.11 Å². The molecule has 1 aromatic carbocycles. The molecular weight excluding hydrogens is 304 g/mol. The van der Waals surface area contributed by atoms with Crippen LogP contribution in [0.4, 0.5) is 5.69 Å². The zero-order valence-corrected chi connectivity index (χ0v) is 13.3. The molecule has 2 unspecified atom stereocenters. The molecule has 3 nitrogen and oxygen atoms in total. The summed E-state index contributed by atoms with van der Waals surface area (Å²) >= 11 is 3.53. The van der Waals surface area contributed by atoms with Crippen molar-refractivity contribution < 1.29 is 4.74 Å². The zero-order chi connectivity index (χ0) is 13.8. The summed E-state index contributed by atoms with van der Waals surface area (Å²) < 4.78 is 6.40. The molecule has 0 aliphatic carbocycles. The van der Waals surface area contributed by atoms with Crippen LogP contribution in [0.25, 0.3) is 0 Å². The van der Waals surface area contributed by atoms with Gasteiger partial charge in [0.1, 0.15) is 0 Å². The quantitative estimate of drug-likeness (QED) is 0.922. The van der Waals surface area contributed by atoms with Crippen molar-refractivity contribution in [1.82, 2.24) is 0 Å². The molecule has 106 valence electrons. The number of halogens is 1. The van der Waals surface area contributed by atoms with Crippen molar-refractivity contribution in [3.8, 4) is 0 Å². The van der Waals surface area contributed by atoms with Crippen molar-refractivity contribution in [3.63, 3.8) is 0 Å². The summed E-state index contributed by atoms with van der Waals surface area (Å²) in [6.07, 6.45) is 2.48. The Hall–Kier alpha value is -0.580. The number of hydrogen-bond donors (Lipinski definition) is 1. The van der Waals surface area contributed by atoms with Crippen molar-refractivity contribution in [2.45, 2.75) is 25.8 Å². The van der Waals surface area contributed by atoms with Gasteiger partial charge in [-0.05, 0) is 49.4 Å². The van der Waals surface area contributed by atoms with Crippen molar-refractivity contribution in [2.75, 3.05) is 31.7 Å². The molecule has 1 saturated heterocycles. The molecule has 0 amide bonds. The summed E-state index contributed by atoms with van der Waals surface area (Å²) in [5, 5.41) is 0. The monoisotopic (exact) mass is 326 g/mol. The Morgan fingerprint density at radius 3 is 3.00 bits per heavy atom. The van der Waals surface area contributed by atoms with Gasteiger partial charge < -0.3 is 15.4 Å². The van der Waals surface area contributed by atoms with Gasteiger partial charge in [0.15, 0.2) is 0 Å². The molecule has 2 rings (SSSR count). The normalized spacial score (nSPS) is 21.5. The first kappa shape index (κ1) is 14.8. The number of benzene rings is 1. The summed E-state index contributed by atoms with van der Waals surface area (Å²) in [5.74, 6) is 0.628. The summed E-state index contributed by atoms with van der Waals surface area (Å²) in [4.78, 5) is 2.46. The van der Waals surface area contributed by atoms with E-state index >= 15 is 0 Å². The van der Waals surface area contributed by atoms with Gasteiger partial charge in [-0.25, -0.2) is 0 Å². The van der Waals surface area contributed by atoms with Gasteiger partial charge in [0.25, 0.3) is 0 Å². The molecule has 1 fully saturated rings. The van der Waals surface area contributed by atoms with Gasteiger partial charge in [0, 0.05) is 36.4 Å². The van der Waals surface area contributed by atoms with Gasteiger partial charge in [0.2, 0.25) is 0 Å². The second kappa shape index (κ2) is 6.73. The highest BCUT2D eigenvalue weighted by Gasteiger charge is 2.22. The lowest BCUT2D eigenvalue weighted by Gasteiger charge is -2.36. The molecule has 1 aromatic rings. The van der Waals surface area contributed by atoms with Crippen molar-refractivity contribution in [3.05, 3.63) is 28.2 Å². The number of hydrogen-bond acceptors (Lipinski definition) is 3. The Bertz CT molecular complexity index is 421. The lowest BCUT2D eigenvalue weighted by atomic mass is 9.96. The first-order chi connectivity index (χ1) is 9.11. The summed E-state index contributed by atoms with van der Waals surface area (Å²) in [7, 11) is 1.78. The molecule has 2 N–H and O–H groups in total. The van der Waals surface area contributed by atoms with E-state index in [1.165, 1.54) is 24.1 Å². The summed E-state index contributed by atoms with van der Waals surface area (Å²) in [5.41, 5.74) is 8.60. The molecule has 1 aliphatic heterocycles.